The van der Waals surface area contributed by atoms with Crippen molar-refractivity contribution < 1.29 is 9.53 Å². The standard InChI is InChI=1S/C12H23NO2/c1-4-12(14)10(3)13-8-6-7-11(9-13)15-5-2/h10-11H,4-9H2,1-3H3. The molecule has 0 spiro atoms. The van der Waals surface area contributed by atoms with Crippen LogP contribution in [-0.4, -0.2) is 42.5 Å². The second-order valence-corrected chi connectivity index (χ2v) is 4.21. The van der Waals surface area contributed by atoms with Crippen LogP contribution in [0.15, 0.2) is 0 Å². The van der Waals surface area contributed by atoms with Crippen LogP contribution in [0.4, 0.5) is 0 Å². The highest BCUT2D eigenvalue weighted by Gasteiger charge is 2.26. The fraction of sp³-hybridized carbons (Fsp3) is 0.917. The van der Waals surface area contributed by atoms with Gasteiger partial charge in [-0.25, -0.2) is 0 Å². The molecule has 3 nitrogen and oxygen atoms in total. The minimum absolute atomic E-state index is 0.0678. The molecule has 0 radical (unpaired) electrons. The molecular weight excluding hydrogens is 190 g/mol. The molecule has 0 aliphatic carbocycles. The summed E-state index contributed by atoms with van der Waals surface area (Å²) in [5, 5.41) is 0. The summed E-state index contributed by atoms with van der Waals surface area (Å²) in [6, 6.07) is 0.0678. The summed E-state index contributed by atoms with van der Waals surface area (Å²) in [6.45, 7) is 8.70. The van der Waals surface area contributed by atoms with Gasteiger partial charge in [-0.3, -0.25) is 9.69 Å². The highest BCUT2D eigenvalue weighted by Crippen LogP contribution is 2.16. The molecular formula is C12H23NO2. The van der Waals surface area contributed by atoms with Gasteiger partial charge >= 0.3 is 0 Å². The van der Waals surface area contributed by atoms with Gasteiger partial charge in [-0.1, -0.05) is 6.92 Å². The fourth-order valence-corrected chi connectivity index (χ4v) is 2.19. The monoisotopic (exact) mass is 213 g/mol. The van der Waals surface area contributed by atoms with Gasteiger partial charge in [0, 0.05) is 19.6 Å². The van der Waals surface area contributed by atoms with E-state index < -0.39 is 0 Å². The summed E-state index contributed by atoms with van der Waals surface area (Å²) < 4.78 is 5.62. The van der Waals surface area contributed by atoms with Crippen LogP contribution in [0.25, 0.3) is 0 Å². The van der Waals surface area contributed by atoms with Crippen molar-refractivity contribution in [1.29, 1.82) is 0 Å². The molecule has 1 rings (SSSR count). The maximum absolute atomic E-state index is 11.6. The first-order valence-electron chi connectivity index (χ1n) is 6.07. The van der Waals surface area contributed by atoms with E-state index in [1.165, 1.54) is 0 Å². The molecule has 1 aliphatic rings. The first kappa shape index (κ1) is 12.7. The van der Waals surface area contributed by atoms with Crippen LogP contribution in [0.1, 0.15) is 40.0 Å². The van der Waals surface area contributed by atoms with E-state index in [1.54, 1.807) is 0 Å². The van der Waals surface area contributed by atoms with Gasteiger partial charge < -0.3 is 4.74 Å². The smallest absolute Gasteiger partial charge is 0.149 e. The van der Waals surface area contributed by atoms with Crippen molar-refractivity contribution in [3.63, 3.8) is 0 Å². The maximum atomic E-state index is 11.6. The Morgan fingerprint density at radius 3 is 2.87 bits per heavy atom. The Bertz CT molecular complexity index is 204. The second-order valence-electron chi connectivity index (χ2n) is 4.21. The first-order valence-corrected chi connectivity index (χ1v) is 6.07. The quantitative estimate of drug-likeness (QED) is 0.698. The molecule has 3 heteroatoms. The van der Waals surface area contributed by atoms with Crippen molar-refractivity contribution >= 4 is 5.78 Å². The summed E-state index contributed by atoms with van der Waals surface area (Å²) in [5.41, 5.74) is 0. The summed E-state index contributed by atoms with van der Waals surface area (Å²) in [4.78, 5) is 13.9. The van der Waals surface area contributed by atoms with Gasteiger partial charge in [0.15, 0.2) is 0 Å². The topological polar surface area (TPSA) is 29.5 Å². The zero-order valence-electron chi connectivity index (χ0n) is 10.2. The fourth-order valence-electron chi connectivity index (χ4n) is 2.19. The summed E-state index contributed by atoms with van der Waals surface area (Å²) in [6.07, 6.45) is 3.25. The van der Waals surface area contributed by atoms with Gasteiger partial charge in [-0.05, 0) is 33.2 Å². The second kappa shape index (κ2) is 6.23. The molecule has 0 saturated carbocycles. The average Bonchev–Trinajstić information content (AvgIpc) is 2.28. The number of nitrogens with zero attached hydrogens (tertiary/aromatic N) is 1. The number of carbonyl (C=O) groups excluding carboxylic acids is 1. The highest BCUT2D eigenvalue weighted by atomic mass is 16.5. The van der Waals surface area contributed by atoms with Crippen molar-refractivity contribution in [3.05, 3.63) is 0 Å². The number of ketones is 1. The number of rotatable bonds is 5. The van der Waals surface area contributed by atoms with Crippen LogP contribution < -0.4 is 0 Å². The number of Topliss-reactive ketones (excluding diaryl/α,β-unsaturated/α-hetero) is 1. The van der Waals surface area contributed by atoms with Crippen LogP contribution in [0, 0.1) is 0 Å². The molecule has 1 saturated heterocycles. The van der Waals surface area contributed by atoms with Crippen LogP contribution in [-0.2, 0) is 9.53 Å². The Morgan fingerprint density at radius 2 is 2.27 bits per heavy atom. The molecule has 0 amide bonds. The Balaban J connectivity index is 2.44. The molecule has 88 valence electrons. The summed E-state index contributed by atoms with van der Waals surface area (Å²) in [7, 11) is 0. The molecule has 1 fully saturated rings. The Labute approximate surface area is 92.8 Å². The van der Waals surface area contributed by atoms with Crippen LogP contribution >= 0.6 is 0 Å². The number of piperidine rings is 1. The Kier molecular flexibility index (Phi) is 5.26. The molecule has 0 aromatic heterocycles. The molecule has 1 aliphatic heterocycles. The van der Waals surface area contributed by atoms with E-state index in [-0.39, 0.29) is 6.04 Å². The van der Waals surface area contributed by atoms with E-state index in [4.69, 9.17) is 4.74 Å². The molecule has 2 atom stereocenters. The van der Waals surface area contributed by atoms with Gasteiger partial charge in [0.05, 0.1) is 12.1 Å². The molecule has 0 N–H and O–H groups in total. The number of ether oxygens (including phenoxy) is 1. The van der Waals surface area contributed by atoms with Gasteiger partial charge in [0.2, 0.25) is 0 Å². The lowest BCUT2D eigenvalue weighted by molar-refractivity contribution is -0.125. The lowest BCUT2D eigenvalue weighted by atomic mass is 10.0. The van der Waals surface area contributed by atoms with Crippen molar-refractivity contribution in [2.75, 3.05) is 19.7 Å². The largest absolute Gasteiger partial charge is 0.377 e. The van der Waals surface area contributed by atoms with Crippen molar-refractivity contribution in [3.8, 4) is 0 Å². The predicted molar refractivity (Wildman–Crippen MR) is 61.0 cm³/mol. The third-order valence-electron chi connectivity index (χ3n) is 3.17. The average molecular weight is 213 g/mol. The molecule has 0 aromatic carbocycles. The number of hydrogen-bond donors (Lipinski definition) is 0. The minimum atomic E-state index is 0.0678. The number of hydrogen-bond acceptors (Lipinski definition) is 3. The predicted octanol–water partition coefficient (Wildman–Crippen LogP) is 1.85. The summed E-state index contributed by atoms with van der Waals surface area (Å²) >= 11 is 0. The normalized spacial score (nSPS) is 25.1. The molecule has 0 aromatic rings. The molecule has 2 unspecified atom stereocenters. The van der Waals surface area contributed by atoms with Crippen molar-refractivity contribution in [2.24, 2.45) is 0 Å². The third-order valence-corrected chi connectivity index (χ3v) is 3.17. The Hall–Kier alpha value is -0.410. The highest BCUT2D eigenvalue weighted by molar-refractivity contribution is 5.83. The molecule has 15 heavy (non-hydrogen) atoms. The lowest BCUT2D eigenvalue weighted by Gasteiger charge is -2.35. The SMILES string of the molecule is CCOC1CCCN(C(C)C(=O)CC)C1. The van der Waals surface area contributed by atoms with Crippen LogP contribution in [0.3, 0.4) is 0 Å². The van der Waals surface area contributed by atoms with Gasteiger partial charge in [-0.15, -0.1) is 0 Å². The lowest BCUT2D eigenvalue weighted by Crippen LogP contribution is -2.47. The minimum Gasteiger partial charge on any atom is -0.377 e. The molecule has 1 heterocycles. The van der Waals surface area contributed by atoms with Gasteiger partial charge in [-0.2, -0.15) is 0 Å². The van der Waals surface area contributed by atoms with E-state index in [0.29, 0.717) is 18.3 Å². The van der Waals surface area contributed by atoms with E-state index in [2.05, 4.69) is 4.90 Å². The maximum Gasteiger partial charge on any atom is 0.149 e. The number of carbonyl (C=O) groups is 1. The Morgan fingerprint density at radius 1 is 1.53 bits per heavy atom. The van der Waals surface area contributed by atoms with Gasteiger partial charge in [0.1, 0.15) is 5.78 Å². The van der Waals surface area contributed by atoms with E-state index in [0.717, 1.165) is 32.5 Å². The third kappa shape index (κ3) is 3.58. The van der Waals surface area contributed by atoms with Crippen molar-refractivity contribution in [1.82, 2.24) is 4.90 Å². The first-order chi connectivity index (χ1) is 7.19. The van der Waals surface area contributed by atoms with E-state index in [9.17, 15) is 4.79 Å². The number of likely N-dealkylation sites (tertiary alicyclic amines) is 1. The molecule has 0 bridgehead atoms. The van der Waals surface area contributed by atoms with Crippen LogP contribution in [0.5, 0.6) is 0 Å². The van der Waals surface area contributed by atoms with Crippen LogP contribution in [0.2, 0.25) is 0 Å². The van der Waals surface area contributed by atoms with E-state index in [1.807, 2.05) is 20.8 Å². The van der Waals surface area contributed by atoms with E-state index >= 15 is 0 Å². The van der Waals surface area contributed by atoms with Gasteiger partial charge in [0.25, 0.3) is 0 Å². The zero-order valence-corrected chi connectivity index (χ0v) is 10.2. The summed E-state index contributed by atoms with van der Waals surface area (Å²) in [5.74, 6) is 0.340. The zero-order chi connectivity index (χ0) is 11.3. The van der Waals surface area contributed by atoms with Crippen molar-refractivity contribution in [2.45, 2.75) is 52.2 Å².